The number of nitrogens with zero attached hydrogens (tertiary/aromatic N) is 1. The molecule has 0 radical (unpaired) electrons. The second-order valence-electron chi connectivity index (χ2n) is 5.56. The molecule has 0 aliphatic carbocycles. The highest BCUT2D eigenvalue weighted by Gasteiger charge is 2.22. The highest BCUT2D eigenvalue weighted by Crippen LogP contribution is 2.47. The van der Waals surface area contributed by atoms with Crippen LogP contribution in [0.1, 0.15) is 19.8 Å². The Bertz CT molecular complexity index is 568. The third-order valence-electron chi connectivity index (χ3n) is 3.98. The van der Waals surface area contributed by atoms with Crippen LogP contribution in [0.4, 0.5) is 11.4 Å². The molecule has 110 valence electrons. The monoisotopic (exact) mass is 317 g/mol. The second-order valence-corrected chi connectivity index (χ2v) is 7.02. The SMILES string of the molecule is CC(CCCl)CCN1c2ccccc2Sc2ccccc21. The second kappa shape index (κ2) is 6.76. The fourth-order valence-electron chi connectivity index (χ4n) is 2.70. The molecule has 1 aliphatic rings. The van der Waals surface area contributed by atoms with E-state index in [0.717, 1.165) is 18.8 Å². The van der Waals surface area contributed by atoms with Gasteiger partial charge in [0.15, 0.2) is 0 Å². The quantitative estimate of drug-likeness (QED) is 0.627. The highest BCUT2D eigenvalue weighted by atomic mass is 35.5. The molecule has 2 aromatic carbocycles. The van der Waals surface area contributed by atoms with E-state index in [9.17, 15) is 0 Å². The van der Waals surface area contributed by atoms with E-state index >= 15 is 0 Å². The molecule has 1 unspecified atom stereocenters. The van der Waals surface area contributed by atoms with Crippen molar-refractivity contribution in [2.75, 3.05) is 17.3 Å². The summed E-state index contributed by atoms with van der Waals surface area (Å²) in [6.45, 7) is 3.34. The summed E-state index contributed by atoms with van der Waals surface area (Å²) in [7, 11) is 0. The molecule has 0 bridgehead atoms. The van der Waals surface area contributed by atoms with E-state index in [0.29, 0.717) is 5.92 Å². The van der Waals surface area contributed by atoms with Crippen molar-refractivity contribution in [1.29, 1.82) is 0 Å². The van der Waals surface area contributed by atoms with E-state index in [4.69, 9.17) is 11.6 Å². The fraction of sp³-hybridized carbons (Fsp3) is 0.333. The zero-order valence-electron chi connectivity index (χ0n) is 12.3. The Kier molecular flexibility index (Phi) is 4.77. The summed E-state index contributed by atoms with van der Waals surface area (Å²) in [5.41, 5.74) is 2.67. The molecule has 1 atom stereocenters. The summed E-state index contributed by atoms with van der Waals surface area (Å²) in [5, 5.41) is 0. The molecule has 1 heterocycles. The summed E-state index contributed by atoms with van der Waals surface area (Å²) < 4.78 is 0. The van der Waals surface area contributed by atoms with Gasteiger partial charge < -0.3 is 4.90 Å². The van der Waals surface area contributed by atoms with E-state index in [2.05, 4.69) is 60.4 Å². The lowest BCUT2D eigenvalue weighted by Gasteiger charge is -2.33. The van der Waals surface area contributed by atoms with Gasteiger partial charge in [0, 0.05) is 22.2 Å². The lowest BCUT2D eigenvalue weighted by Crippen LogP contribution is -2.23. The predicted molar refractivity (Wildman–Crippen MR) is 93.1 cm³/mol. The molecular formula is C18H20ClNS. The Morgan fingerprint density at radius 1 is 0.952 bits per heavy atom. The van der Waals surface area contributed by atoms with Crippen LogP contribution in [0.3, 0.4) is 0 Å². The van der Waals surface area contributed by atoms with Crippen molar-refractivity contribution in [3.05, 3.63) is 48.5 Å². The fourth-order valence-corrected chi connectivity index (χ4v) is 4.17. The summed E-state index contributed by atoms with van der Waals surface area (Å²) >= 11 is 7.73. The number of hydrogen-bond donors (Lipinski definition) is 0. The first kappa shape index (κ1) is 14.8. The standard InChI is InChI=1S/C18H20ClNS/c1-14(10-12-19)11-13-20-15-6-2-4-8-17(15)21-18-9-5-3-7-16(18)20/h2-9,14H,10-13H2,1H3. The van der Waals surface area contributed by atoms with Gasteiger partial charge in [-0.3, -0.25) is 0 Å². The van der Waals surface area contributed by atoms with Gasteiger partial charge in [0.1, 0.15) is 0 Å². The average Bonchev–Trinajstić information content (AvgIpc) is 2.51. The van der Waals surface area contributed by atoms with Gasteiger partial charge in [-0.2, -0.15) is 0 Å². The average molecular weight is 318 g/mol. The number of rotatable bonds is 5. The number of alkyl halides is 1. The van der Waals surface area contributed by atoms with Gasteiger partial charge in [-0.05, 0) is 43.0 Å². The maximum Gasteiger partial charge on any atom is 0.0552 e. The topological polar surface area (TPSA) is 3.24 Å². The predicted octanol–water partition coefficient (Wildman–Crippen LogP) is 5.94. The van der Waals surface area contributed by atoms with Crippen molar-refractivity contribution < 1.29 is 0 Å². The van der Waals surface area contributed by atoms with Gasteiger partial charge in [0.25, 0.3) is 0 Å². The summed E-state index contributed by atoms with van der Waals surface area (Å²) in [6, 6.07) is 17.4. The number of benzene rings is 2. The molecule has 3 heteroatoms. The molecule has 0 saturated carbocycles. The minimum atomic E-state index is 0.663. The van der Waals surface area contributed by atoms with Crippen LogP contribution in [0.25, 0.3) is 0 Å². The van der Waals surface area contributed by atoms with E-state index in [1.165, 1.54) is 27.6 Å². The normalized spacial score (nSPS) is 14.5. The lowest BCUT2D eigenvalue weighted by molar-refractivity contribution is 0.523. The third-order valence-corrected chi connectivity index (χ3v) is 5.33. The number of fused-ring (bicyclic) bond motifs is 2. The number of halogens is 1. The molecule has 0 aromatic heterocycles. The summed E-state index contributed by atoms with van der Waals surface area (Å²) in [4.78, 5) is 5.16. The third kappa shape index (κ3) is 3.22. The molecular weight excluding hydrogens is 298 g/mol. The summed E-state index contributed by atoms with van der Waals surface area (Å²) in [5.74, 6) is 1.42. The van der Waals surface area contributed by atoms with Crippen molar-refractivity contribution >= 4 is 34.7 Å². The number of hydrogen-bond acceptors (Lipinski definition) is 2. The van der Waals surface area contributed by atoms with Gasteiger partial charge in [-0.1, -0.05) is 43.0 Å². The molecule has 21 heavy (non-hydrogen) atoms. The Morgan fingerprint density at radius 3 is 2.10 bits per heavy atom. The zero-order valence-corrected chi connectivity index (χ0v) is 13.8. The molecule has 0 amide bonds. The molecule has 0 saturated heterocycles. The van der Waals surface area contributed by atoms with Gasteiger partial charge in [0.2, 0.25) is 0 Å². The lowest BCUT2D eigenvalue weighted by atomic mass is 10.0. The van der Waals surface area contributed by atoms with E-state index in [1.54, 1.807) is 0 Å². The van der Waals surface area contributed by atoms with Crippen LogP contribution in [0, 0.1) is 5.92 Å². The van der Waals surface area contributed by atoms with Crippen molar-refractivity contribution in [3.8, 4) is 0 Å². The Hall–Kier alpha value is -1.12. The smallest absolute Gasteiger partial charge is 0.0552 e. The molecule has 0 fully saturated rings. The first-order valence-corrected chi connectivity index (χ1v) is 8.84. The minimum absolute atomic E-state index is 0.663. The van der Waals surface area contributed by atoms with Gasteiger partial charge >= 0.3 is 0 Å². The van der Waals surface area contributed by atoms with Crippen LogP contribution in [0.2, 0.25) is 0 Å². The molecule has 0 spiro atoms. The van der Waals surface area contributed by atoms with Crippen LogP contribution in [0.15, 0.2) is 58.3 Å². The van der Waals surface area contributed by atoms with Gasteiger partial charge in [-0.25, -0.2) is 0 Å². The minimum Gasteiger partial charge on any atom is -0.340 e. The zero-order chi connectivity index (χ0) is 14.7. The Morgan fingerprint density at radius 2 is 1.52 bits per heavy atom. The van der Waals surface area contributed by atoms with Crippen molar-refractivity contribution in [2.45, 2.75) is 29.6 Å². The van der Waals surface area contributed by atoms with Crippen LogP contribution in [-0.4, -0.2) is 12.4 Å². The van der Waals surface area contributed by atoms with Crippen LogP contribution >= 0.6 is 23.4 Å². The largest absolute Gasteiger partial charge is 0.340 e. The Balaban J connectivity index is 1.88. The van der Waals surface area contributed by atoms with Crippen LogP contribution in [-0.2, 0) is 0 Å². The van der Waals surface area contributed by atoms with E-state index in [1.807, 2.05) is 11.8 Å². The molecule has 2 aromatic rings. The van der Waals surface area contributed by atoms with E-state index < -0.39 is 0 Å². The first-order valence-electron chi connectivity index (χ1n) is 7.49. The Labute approximate surface area is 136 Å². The van der Waals surface area contributed by atoms with E-state index in [-0.39, 0.29) is 0 Å². The first-order chi connectivity index (χ1) is 10.3. The van der Waals surface area contributed by atoms with Gasteiger partial charge in [-0.15, -0.1) is 11.6 Å². The molecule has 3 rings (SSSR count). The highest BCUT2D eigenvalue weighted by molar-refractivity contribution is 7.99. The summed E-state index contributed by atoms with van der Waals surface area (Å²) in [6.07, 6.45) is 2.26. The van der Waals surface area contributed by atoms with Crippen LogP contribution < -0.4 is 4.90 Å². The maximum atomic E-state index is 5.86. The molecule has 1 aliphatic heterocycles. The number of anilines is 2. The van der Waals surface area contributed by atoms with Crippen molar-refractivity contribution in [1.82, 2.24) is 0 Å². The van der Waals surface area contributed by atoms with Crippen molar-refractivity contribution in [2.24, 2.45) is 5.92 Å². The molecule has 1 nitrogen and oxygen atoms in total. The van der Waals surface area contributed by atoms with Crippen LogP contribution in [0.5, 0.6) is 0 Å². The number of para-hydroxylation sites is 2. The van der Waals surface area contributed by atoms with Crippen molar-refractivity contribution in [3.63, 3.8) is 0 Å². The maximum absolute atomic E-state index is 5.86. The molecule has 0 N–H and O–H groups in total. The van der Waals surface area contributed by atoms with Gasteiger partial charge in [0.05, 0.1) is 11.4 Å².